The predicted octanol–water partition coefficient (Wildman–Crippen LogP) is 1.09. The van der Waals surface area contributed by atoms with E-state index in [1.807, 2.05) is 7.05 Å². The molecule has 0 aromatic rings. The summed E-state index contributed by atoms with van der Waals surface area (Å²) in [4.78, 5) is 2.48. The zero-order valence-corrected chi connectivity index (χ0v) is 6.14. The fraction of sp³-hybridized carbons (Fsp3) is 1.00. The van der Waals surface area contributed by atoms with E-state index in [-0.39, 0.29) is 0 Å². The molecule has 1 heterocycles. The van der Waals surface area contributed by atoms with Gasteiger partial charge in [-0.15, -0.1) is 6.54 Å². The SMILES string of the molecule is C[N-]CCN1CCCC1. The number of hydrogen-bond acceptors (Lipinski definition) is 1. The Labute approximate surface area is 57.2 Å². The van der Waals surface area contributed by atoms with E-state index < -0.39 is 0 Å². The molecule has 1 saturated heterocycles. The molecule has 54 valence electrons. The fourth-order valence-electron chi connectivity index (χ4n) is 1.25. The van der Waals surface area contributed by atoms with E-state index in [1.165, 1.54) is 32.5 Å². The van der Waals surface area contributed by atoms with E-state index in [1.54, 1.807) is 0 Å². The lowest BCUT2D eigenvalue weighted by Gasteiger charge is -2.18. The molecule has 2 heteroatoms. The van der Waals surface area contributed by atoms with Gasteiger partial charge in [0.05, 0.1) is 0 Å². The maximum atomic E-state index is 4.06. The van der Waals surface area contributed by atoms with Crippen LogP contribution in [0.1, 0.15) is 12.8 Å². The van der Waals surface area contributed by atoms with E-state index in [0.29, 0.717) is 0 Å². The van der Waals surface area contributed by atoms with Crippen LogP contribution in [-0.2, 0) is 0 Å². The highest BCUT2D eigenvalue weighted by Crippen LogP contribution is 2.05. The van der Waals surface area contributed by atoms with Crippen molar-refractivity contribution in [1.29, 1.82) is 0 Å². The topological polar surface area (TPSA) is 17.3 Å². The third-order valence-corrected chi connectivity index (χ3v) is 1.84. The van der Waals surface area contributed by atoms with Gasteiger partial charge < -0.3 is 10.2 Å². The number of likely N-dealkylation sites (tertiary alicyclic amines) is 1. The molecule has 0 aromatic carbocycles. The first-order valence-electron chi connectivity index (χ1n) is 3.71. The summed E-state index contributed by atoms with van der Waals surface area (Å²) in [5.74, 6) is 0. The van der Waals surface area contributed by atoms with Crippen LogP contribution in [-0.4, -0.2) is 38.1 Å². The Balaban J connectivity index is 1.98. The van der Waals surface area contributed by atoms with Gasteiger partial charge in [-0.3, -0.25) is 0 Å². The van der Waals surface area contributed by atoms with Gasteiger partial charge in [-0.25, -0.2) is 0 Å². The molecule has 0 spiro atoms. The van der Waals surface area contributed by atoms with Gasteiger partial charge in [-0.05, 0) is 32.5 Å². The maximum absolute atomic E-state index is 4.06. The molecule has 1 rings (SSSR count). The monoisotopic (exact) mass is 127 g/mol. The highest BCUT2D eigenvalue weighted by molar-refractivity contribution is 4.75. The average molecular weight is 127 g/mol. The summed E-state index contributed by atoms with van der Waals surface area (Å²) >= 11 is 0. The van der Waals surface area contributed by atoms with Crippen LogP contribution in [0.25, 0.3) is 5.32 Å². The molecule has 0 unspecified atom stereocenters. The normalized spacial score (nSPS) is 21.0. The van der Waals surface area contributed by atoms with Gasteiger partial charge in [-0.1, -0.05) is 0 Å². The molecular formula is C7H15N2-. The van der Waals surface area contributed by atoms with Crippen molar-refractivity contribution in [3.8, 4) is 0 Å². The molecule has 2 nitrogen and oxygen atoms in total. The summed E-state index contributed by atoms with van der Waals surface area (Å²) in [5, 5.41) is 4.06. The molecule has 0 amide bonds. The van der Waals surface area contributed by atoms with E-state index in [2.05, 4.69) is 10.2 Å². The first-order valence-corrected chi connectivity index (χ1v) is 3.71. The van der Waals surface area contributed by atoms with Crippen molar-refractivity contribution in [2.24, 2.45) is 0 Å². The van der Waals surface area contributed by atoms with Gasteiger partial charge in [0, 0.05) is 0 Å². The van der Waals surface area contributed by atoms with Gasteiger partial charge in [0.15, 0.2) is 0 Å². The van der Waals surface area contributed by atoms with Crippen molar-refractivity contribution in [2.45, 2.75) is 12.8 Å². The molecule has 9 heavy (non-hydrogen) atoms. The van der Waals surface area contributed by atoms with Crippen LogP contribution in [0.2, 0.25) is 0 Å². The predicted molar refractivity (Wildman–Crippen MR) is 39.8 cm³/mol. The minimum absolute atomic E-state index is 1.01. The third-order valence-electron chi connectivity index (χ3n) is 1.84. The summed E-state index contributed by atoms with van der Waals surface area (Å²) in [6, 6.07) is 0. The van der Waals surface area contributed by atoms with Crippen molar-refractivity contribution in [2.75, 3.05) is 33.2 Å². The number of rotatable bonds is 3. The highest BCUT2D eigenvalue weighted by atomic mass is 15.1. The molecule has 1 fully saturated rings. The Kier molecular flexibility index (Phi) is 3.01. The minimum atomic E-state index is 1.01. The molecule has 0 aliphatic carbocycles. The largest absolute Gasteiger partial charge is 0.664 e. The van der Waals surface area contributed by atoms with Crippen LogP contribution in [0, 0.1) is 0 Å². The summed E-state index contributed by atoms with van der Waals surface area (Å²) in [5.41, 5.74) is 0. The van der Waals surface area contributed by atoms with E-state index in [0.717, 1.165) is 6.54 Å². The number of nitrogens with zero attached hydrogens (tertiary/aromatic N) is 2. The highest BCUT2D eigenvalue weighted by Gasteiger charge is 2.07. The zero-order chi connectivity index (χ0) is 6.53. The Bertz CT molecular complexity index is 67.3. The molecule has 0 aromatic heterocycles. The number of likely N-dealkylation sites (N-methyl/N-ethyl adjacent to an activating group) is 1. The van der Waals surface area contributed by atoms with E-state index >= 15 is 0 Å². The quantitative estimate of drug-likeness (QED) is 0.554. The van der Waals surface area contributed by atoms with E-state index in [4.69, 9.17) is 0 Å². The molecular weight excluding hydrogens is 112 g/mol. The van der Waals surface area contributed by atoms with Crippen molar-refractivity contribution < 1.29 is 0 Å². The van der Waals surface area contributed by atoms with Gasteiger partial charge in [-0.2, -0.15) is 7.05 Å². The second-order valence-corrected chi connectivity index (χ2v) is 2.59. The lowest BCUT2D eigenvalue weighted by atomic mass is 10.4. The van der Waals surface area contributed by atoms with Crippen molar-refractivity contribution in [3.05, 3.63) is 5.32 Å². The maximum Gasteiger partial charge on any atom is -0.00190 e. The first kappa shape index (κ1) is 7.03. The average Bonchev–Trinajstić information content (AvgIpc) is 2.34. The zero-order valence-electron chi connectivity index (χ0n) is 6.14. The summed E-state index contributed by atoms with van der Waals surface area (Å²) in [7, 11) is 1.88. The van der Waals surface area contributed by atoms with Crippen LogP contribution < -0.4 is 0 Å². The van der Waals surface area contributed by atoms with Gasteiger partial charge in [0.25, 0.3) is 0 Å². The first-order chi connectivity index (χ1) is 4.43. The van der Waals surface area contributed by atoms with Crippen molar-refractivity contribution >= 4 is 0 Å². The third kappa shape index (κ3) is 2.33. The molecule has 0 atom stereocenters. The second-order valence-electron chi connectivity index (χ2n) is 2.59. The van der Waals surface area contributed by atoms with Gasteiger partial charge >= 0.3 is 0 Å². The summed E-state index contributed by atoms with van der Waals surface area (Å²) in [6.45, 7) is 4.79. The van der Waals surface area contributed by atoms with Crippen LogP contribution >= 0.6 is 0 Å². The second kappa shape index (κ2) is 3.85. The smallest absolute Gasteiger partial charge is 0.00190 e. The Morgan fingerprint density at radius 2 is 2.00 bits per heavy atom. The molecule has 1 aliphatic rings. The molecule has 0 radical (unpaired) electrons. The van der Waals surface area contributed by atoms with E-state index in [9.17, 15) is 0 Å². The lowest BCUT2D eigenvalue weighted by Crippen LogP contribution is -2.22. The van der Waals surface area contributed by atoms with Gasteiger partial charge in [0.1, 0.15) is 0 Å². The van der Waals surface area contributed by atoms with Crippen LogP contribution in [0.3, 0.4) is 0 Å². The van der Waals surface area contributed by atoms with Crippen molar-refractivity contribution in [1.82, 2.24) is 4.90 Å². The standard InChI is InChI=1S/C7H15N2/c1-8-4-7-9-5-2-3-6-9/h2-7H2,1H3/q-1. The van der Waals surface area contributed by atoms with Crippen LogP contribution in [0.5, 0.6) is 0 Å². The van der Waals surface area contributed by atoms with Crippen LogP contribution in [0.4, 0.5) is 0 Å². The molecule has 0 saturated carbocycles. The Morgan fingerprint density at radius 3 is 2.56 bits per heavy atom. The minimum Gasteiger partial charge on any atom is -0.664 e. The van der Waals surface area contributed by atoms with Crippen molar-refractivity contribution in [3.63, 3.8) is 0 Å². The molecule has 1 aliphatic heterocycles. The Hall–Kier alpha value is -0.0800. The lowest BCUT2D eigenvalue weighted by molar-refractivity contribution is 0.354. The summed E-state index contributed by atoms with van der Waals surface area (Å²) in [6.07, 6.45) is 2.79. The molecule has 0 N–H and O–H groups in total. The number of hydrogen-bond donors (Lipinski definition) is 0. The Morgan fingerprint density at radius 1 is 1.33 bits per heavy atom. The van der Waals surface area contributed by atoms with Crippen LogP contribution in [0.15, 0.2) is 0 Å². The fourth-order valence-corrected chi connectivity index (χ4v) is 1.25. The molecule has 0 bridgehead atoms. The summed E-state index contributed by atoms with van der Waals surface area (Å²) < 4.78 is 0. The van der Waals surface area contributed by atoms with Gasteiger partial charge in [0.2, 0.25) is 0 Å².